The van der Waals surface area contributed by atoms with Gasteiger partial charge in [0.25, 0.3) is 0 Å². The van der Waals surface area contributed by atoms with E-state index in [0.29, 0.717) is 24.2 Å². The van der Waals surface area contributed by atoms with Crippen LogP contribution < -0.4 is 10.6 Å². The maximum Gasteiger partial charge on any atom is 0.190 e. The lowest BCUT2D eigenvalue weighted by Crippen LogP contribution is -2.44. The summed E-state index contributed by atoms with van der Waals surface area (Å²) in [4.78, 5) is 21.4. The van der Waals surface area contributed by atoms with E-state index in [2.05, 4.69) is 14.8 Å². The number of aromatic hydroxyl groups is 1. The summed E-state index contributed by atoms with van der Waals surface area (Å²) in [7, 11) is 0. The molecule has 134 valence electrons. The van der Waals surface area contributed by atoms with Gasteiger partial charge in [0.1, 0.15) is 11.6 Å². The van der Waals surface area contributed by atoms with Gasteiger partial charge < -0.3 is 20.6 Å². The number of phenolic OH excluding ortho intramolecular Hbond substituents is 1. The predicted octanol–water partition coefficient (Wildman–Crippen LogP) is 1.91. The molecular formula is C20H22N4O2. The Morgan fingerprint density at radius 3 is 2.77 bits per heavy atom. The molecule has 2 atom stereocenters. The maximum absolute atomic E-state index is 12.3. The lowest BCUT2D eigenvalue weighted by Gasteiger charge is -2.34. The Labute approximate surface area is 152 Å². The lowest BCUT2D eigenvalue weighted by molar-refractivity contribution is 0.104. The van der Waals surface area contributed by atoms with Crippen molar-refractivity contribution in [2.24, 2.45) is 5.73 Å². The first-order valence-electron chi connectivity index (χ1n) is 8.84. The van der Waals surface area contributed by atoms with Crippen molar-refractivity contribution in [1.82, 2.24) is 9.88 Å². The number of benzene rings is 1. The van der Waals surface area contributed by atoms with E-state index in [4.69, 9.17) is 5.73 Å². The van der Waals surface area contributed by atoms with E-state index in [9.17, 15) is 9.90 Å². The molecule has 2 aromatic rings. The van der Waals surface area contributed by atoms with Gasteiger partial charge in [0.15, 0.2) is 5.78 Å². The van der Waals surface area contributed by atoms with Gasteiger partial charge in [-0.3, -0.25) is 4.79 Å². The van der Waals surface area contributed by atoms with Crippen molar-refractivity contribution in [3.63, 3.8) is 0 Å². The third-order valence-electron chi connectivity index (χ3n) is 5.17. The summed E-state index contributed by atoms with van der Waals surface area (Å²) in [5, 5.41) is 9.79. The highest BCUT2D eigenvalue weighted by Gasteiger charge is 2.42. The van der Waals surface area contributed by atoms with Crippen molar-refractivity contribution in [3.8, 4) is 5.75 Å². The Morgan fingerprint density at radius 2 is 2.04 bits per heavy atom. The van der Waals surface area contributed by atoms with Gasteiger partial charge in [-0.2, -0.15) is 0 Å². The minimum absolute atomic E-state index is 0.0159. The van der Waals surface area contributed by atoms with Gasteiger partial charge in [0, 0.05) is 44.0 Å². The molecule has 0 amide bonds. The molecule has 0 aliphatic carbocycles. The van der Waals surface area contributed by atoms with Crippen LogP contribution in [0, 0.1) is 0 Å². The highest BCUT2D eigenvalue weighted by atomic mass is 16.3. The molecule has 6 heteroatoms. The Bertz CT molecular complexity index is 851. The molecule has 3 heterocycles. The molecule has 2 bridgehead atoms. The monoisotopic (exact) mass is 350 g/mol. The number of nitrogens with zero attached hydrogens (tertiary/aromatic N) is 3. The number of nitrogens with two attached hydrogens (primary N) is 1. The van der Waals surface area contributed by atoms with E-state index in [-0.39, 0.29) is 11.5 Å². The van der Waals surface area contributed by atoms with Crippen molar-refractivity contribution in [2.75, 3.05) is 18.0 Å². The second-order valence-corrected chi connectivity index (χ2v) is 6.78. The number of carbonyl (C=O) groups is 1. The molecule has 1 unspecified atom stereocenters. The first-order valence-corrected chi connectivity index (χ1v) is 8.84. The molecule has 2 saturated heterocycles. The van der Waals surface area contributed by atoms with Crippen molar-refractivity contribution in [1.29, 1.82) is 0 Å². The third kappa shape index (κ3) is 3.04. The zero-order chi connectivity index (χ0) is 18.1. The Balaban J connectivity index is 1.42. The van der Waals surface area contributed by atoms with Crippen LogP contribution in [0.15, 0.2) is 54.7 Å². The van der Waals surface area contributed by atoms with Gasteiger partial charge in [-0.25, -0.2) is 4.98 Å². The van der Waals surface area contributed by atoms with Crippen LogP contribution in [0.1, 0.15) is 22.5 Å². The number of anilines is 1. The Kier molecular flexibility index (Phi) is 4.34. The largest absolute Gasteiger partial charge is 0.507 e. The van der Waals surface area contributed by atoms with Crippen LogP contribution in [-0.4, -0.2) is 45.9 Å². The number of hydrogen-bond donors (Lipinski definition) is 2. The van der Waals surface area contributed by atoms with Gasteiger partial charge in [-0.15, -0.1) is 0 Å². The molecule has 0 radical (unpaired) electrons. The number of fused-ring (bicyclic) bond motifs is 2. The normalized spacial score (nSPS) is 21.7. The number of para-hydroxylation sites is 1. The van der Waals surface area contributed by atoms with E-state index in [0.717, 1.165) is 31.0 Å². The fourth-order valence-corrected chi connectivity index (χ4v) is 3.84. The van der Waals surface area contributed by atoms with Gasteiger partial charge in [0.2, 0.25) is 0 Å². The number of phenols is 1. The predicted molar refractivity (Wildman–Crippen MR) is 100.0 cm³/mol. The molecule has 4 rings (SSSR count). The number of pyridine rings is 1. The molecule has 1 aromatic heterocycles. The molecule has 0 saturated carbocycles. The first-order chi connectivity index (χ1) is 12.7. The molecule has 2 fully saturated rings. The highest BCUT2D eigenvalue weighted by Crippen LogP contribution is 2.34. The molecule has 0 spiro atoms. The summed E-state index contributed by atoms with van der Waals surface area (Å²) < 4.78 is 0. The number of likely N-dealkylation sites (tertiary alicyclic amines) is 1. The summed E-state index contributed by atoms with van der Waals surface area (Å²) in [6.45, 7) is 2.20. The number of aromatic nitrogens is 1. The van der Waals surface area contributed by atoms with Crippen molar-refractivity contribution < 1.29 is 9.90 Å². The fraction of sp³-hybridized carbons (Fsp3) is 0.300. The Morgan fingerprint density at radius 1 is 1.19 bits per heavy atom. The van der Waals surface area contributed by atoms with Gasteiger partial charge >= 0.3 is 0 Å². The van der Waals surface area contributed by atoms with E-state index in [1.807, 2.05) is 24.4 Å². The van der Waals surface area contributed by atoms with Crippen LogP contribution in [0.5, 0.6) is 5.75 Å². The number of piperazine rings is 1. The average molecular weight is 350 g/mol. The summed E-state index contributed by atoms with van der Waals surface area (Å²) in [6.07, 6.45) is 4.47. The van der Waals surface area contributed by atoms with E-state index in [1.165, 1.54) is 6.07 Å². The summed E-state index contributed by atoms with van der Waals surface area (Å²) in [5.41, 5.74) is 6.92. The maximum atomic E-state index is 12.3. The average Bonchev–Trinajstić information content (AvgIpc) is 3.27. The zero-order valence-corrected chi connectivity index (χ0v) is 14.5. The minimum Gasteiger partial charge on any atom is -0.507 e. The van der Waals surface area contributed by atoms with Crippen LogP contribution in [0.4, 0.5) is 5.82 Å². The fourth-order valence-electron chi connectivity index (χ4n) is 3.84. The van der Waals surface area contributed by atoms with Crippen molar-refractivity contribution >= 4 is 11.6 Å². The standard InChI is InChI=1S/C20H22N4O2/c21-11-14-4-3-7-20(22-14)24-13-15-10-16(24)12-23(15)9-8-19(26)17-5-1-2-6-18(17)25/h1-9,15-16,25H,10-13,21H2/b9-8+/t15?,16-/m0/s1. The first kappa shape index (κ1) is 16.6. The topological polar surface area (TPSA) is 82.7 Å². The van der Waals surface area contributed by atoms with E-state index < -0.39 is 0 Å². The molecule has 2 aliphatic rings. The highest BCUT2D eigenvalue weighted by molar-refractivity contribution is 6.06. The second kappa shape index (κ2) is 6.80. The van der Waals surface area contributed by atoms with Crippen molar-refractivity contribution in [3.05, 3.63) is 66.0 Å². The second-order valence-electron chi connectivity index (χ2n) is 6.78. The van der Waals surface area contributed by atoms with Crippen LogP contribution in [0.25, 0.3) is 0 Å². The quantitative estimate of drug-likeness (QED) is 0.633. The molecular weight excluding hydrogens is 328 g/mol. The lowest BCUT2D eigenvalue weighted by atomic mass is 10.1. The summed E-state index contributed by atoms with van der Waals surface area (Å²) in [6, 6.07) is 13.4. The zero-order valence-electron chi connectivity index (χ0n) is 14.5. The van der Waals surface area contributed by atoms with E-state index in [1.54, 1.807) is 24.3 Å². The molecule has 2 aliphatic heterocycles. The van der Waals surface area contributed by atoms with Crippen LogP contribution >= 0.6 is 0 Å². The van der Waals surface area contributed by atoms with Crippen molar-refractivity contribution in [2.45, 2.75) is 25.0 Å². The summed E-state index contributed by atoms with van der Waals surface area (Å²) in [5.74, 6) is 0.816. The minimum atomic E-state index is -0.181. The van der Waals surface area contributed by atoms with E-state index >= 15 is 0 Å². The number of hydrogen-bond acceptors (Lipinski definition) is 6. The molecule has 3 N–H and O–H groups in total. The number of allylic oxidation sites excluding steroid dienone is 1. The molecule has 1 aromatic carbocycles. The number of carbonyl (C=O) groups excluding carboxylic acids is 1. The van der Waals surface area contributed by atoms with Gasteiger partial charge in [-0.05, 0) is 30.7 Å². The van der Waals surface area contributed by atoms with Gasteiger partial charge in [0.05, 0.1) is 11.3 Å². The summed E-state index contributed by atoms with van der Waals surface area (Å²) >= 11 is 0. The number of rotatable bonds is 5. The SMILES string of the molecule is NCc1cccc(N2CC3C[C@H]2CN3/C=C/C(=O)c2ccccc2O)n1. The van der Waals surface area contributed by atoms with Gasteiger partial charge in [-0.1, -0.05) is 18.2 Å². The third-order valence-corrected chi connectivity index (χ3v) is 5.17. The number of ketones is 1. The Hall–Kier alpha value is -2.86. The van der Waals surface area contributed by atoms with Crippen LogP contribution in [0.3, 0.4) is 0 Å². The molecule has 26 heavy (non-hydrogen) atoms. The van der Waals surface area contributed by atoms with Crippen LogP contribution in [0.2, 0.25) is 0 Å². The smallest absolute Gasteiger partial charge is 0.190 e. The van der Waals surface area contributed by atoms with Crippen LogP contribution in [-0.2, 0) is 6.54 Å². The molecule has 6 nitrogen and oxygen atoms in total.